The van der Waals surface area contributed by atoms with Crippen LogP contribution in [0.1, 0.15) is 5.56 Å². The van der Waals surface area contributed by atoms with Gasteiger partial charge in [-0.3, -0.25) is 4.79 Å². The standard InChI is InChI=1S/C15H14BrNO2/c1-11-3-2-4-13(9-11)17-15(18)10-19-14-7-5-12(16)6-8-14/h2-9H,10H2,1H3,(H,17,18). The normalized spacial score (nSPS) is 10.0. The zero-order valence-corrected chi connectivity index (χ0v) is 12.1. The SMILES string of the molecule is Cc1cccc(NC(=O)COc2ccc(Br)cc2)c1. The molecule has 19 heavy (non-hydrogen) atoms. The predicted octanol–water partition coefficient (Wildman–Crippen LogP) is 3.78. The number of carbonyl (C=O) groups is 1. The molecule has 0 aliphatic heterocycles. The number of ether oxygens (including phenoxy) is 1. The lowest BCUT2D eigenvalue weighted by Crippen LogP contribution is -2.20. The van der Waals surface area contributed by atoms with Crippen molar-refractivity contribution in [2.45, 2.75) is 6.92 Å². The molecular weight excluding hydrogens is 306 g/mol. The molecule has 0 radical (unpaired) electrons. The summed E-state index contributed by atoms with van der Waals surface area (Å²) in [6, 6.07) is 15.0. The van der Waals surface area contributed by atoms with E-state index in [9.17, 15) is 4.79 Å². The number of halogens is 1. The second-order valence-corrected chi connectivity index (χ2v) is 5.08. The smallest absolute Gasteiger partial charge is 0.262 e. The molecule has 98 valence electrons. The summed E-state index contributed by atoms with van der Waals surface area (Å²) in [6.45, 7) is 1.98. The van der Waals surface area contributed by atoms with E-state index in [1.807, 2.05) is 55.5 Å². The number of benzene rings is 2. The van der Waals surface area contributed by atoms with Crippen LogP contribution in [0.15, 0.2) is 53.0 Å². The fourth-order valence-corrected chi connectivity index (χ4v) is 1.86. The van der Waals surface area contributed by atoms with Crippen LogP contribution < -0.4 is 10.1 Å². The Bertz CT molecular complexity index is 567. The number of aryl methyl sites for hydroxylation is 1. The van der Waals surface area contributed by atoms with Gasteiger partial charge in [0.15, 0.2) is 6.61 Å². The van der Waals surface area contributed by atoms with Crippen molar-refractivity contribution in [1.82, 2.24) is 0 Å². The van der Waals surface area contributed by atoms with Crippen LogP contribution >= 0.6 is 15.9 Å². The van der Waals surface area contributed by atoms with Crippen LogP contribution in [0.3, 0.4) is 0 Å². The van der Waals surface area contributed by atoms with E-state index < -0.39 is 0 Å². The Hall–Kier alpha value is -1.81. The van der Waals surface area contributed by atoms with Crippen molar-refractivity contribution in [1.29, 1.82) is 0 Å². The monoisotopic (exact) mass is 319 g/mol. The zero-order valence-electron chi connectivity index (χ0n) is 10.5. The minimum absolute atomic E-state index is 0.00439. The van der Waals surface area contributed by atoms with Gasteiger partial charge in [0, 0.05) is 10.2 Å². The van der Waals surface area contributed by atoms with Gasteiger partial charge >= 0.3 is 0 Å². The van der Waals surface area contributed by atoms with E-state index in [0.29, 0.717) is 5.75 Å². The fourth-order valence-electron chi connectivity index (χ4n) is 1.60. The molecule has 0 saturated carbocycles. The van der Waals surface area contributed by atoms with Gasteiger partial charge in [0.25, 0.3) is 5.91 Å². The molecule has 1 amide bonds. The Balaban J connectivity index is 1.86. The molecule has 0 aromatic heterocycles. The Labute approximate surface area is 120 Å². The van der Waals surface area contributed by atoms with Gasteiger partial charge in [-0.25, -0.2) is 0 Å². The largest absolute Gasteiger partial charge is 0.484 e. The number of rotatable bonds is 4. The van der Waals surface area contributed by atoms with Gasteiger partial charge in [-0.2, -0.15) is 0 Å². The highest BCUT2D eigenvalue weighted by Gasteiger charge is 2.03. The Morgan fingerprint density at radius 2 is 1.95 bits per heavy atom. The quantitative estimate of drug-likeness (QED) is 0.931. The maximum atomic E-state index is 11.7. The molecule has 0 aliphatic carbocycles. The van der Waals surface area contributed by atoms with E-state index in [1.165, 1.54) is 0 Å². The van der Waals surface area contributed by atoms with Gasteiger partial charge in [-0.05, 0) is 48.9 Å². The Morgan fingerprint density at radius 3 is 2.63 bits per heavy atom. The van der Waals surface area contributed by atoms with Crippen molar-refractivity contribution < 1.29 is 9.53 Å². The number of nitrogens with one attached hydrogen (secondary N) is 1. The first-order chi connectivity index (χ1) is 9.13. The minimum Gasteiger partial charge on any atom is -0.484 e. The molecule has 0 saturated heterocycles. The first-order valence-corrected chi connectivity index (χ1v) is 6.68. The van der Waals surface area contributed by atoms with Gasteiger partial charge in [0.2, 0.25) is 0 Å². The highest BCUT2D eigenvalue weighted by Crippen LogP contribution is 2.16. The third-order valence-corrected chi connectivity index (χ3v) is 3.01. The summed E-state index contributed by atoms with van der Waals surface area (Å²) in [6.07, 6.45) is 0. The Morgan fingerprint density at radius 1 is 1.21 bits per heavy atom. The van der Waals surface area contributed by atoms with Crippen molar-refractivity contribution in [3.8, 4) is 5.75 Å². The number of carbonyl (C=O) groups excluding carboxylic acids is 1. The number of anilines is 1. The molecule has 0 unspecified atom stereocenters. The second-order valence-electron chi connectivity index (χ2n) is 4.16. The molecule has 0 aliphatic rings. The maximum Gasteiger partial charge on any atom is 0.262 e. The van der Waals surface area contributed by atoms with Crippen LogP contribution in [-0.4, -0.2) is 12.5 Å². The first kappa shape index (κ1) is 13.6. The summed E-state index contributed by atoms with van der Waals surface area (Å²) in [4.78, 5) is 11.7. The average molecular weight is 320 g/mol. The summed E-state index contributed by atoms with van der Waals surface area (Å²) in [7, 11) is 0. The van der Waals surface area contributed by atoms with Crippen molar-refractivity contribution in [3.05, 3.63) is 58.6 Å². The summed E-state index contributed by atoms with van der Waals surface area (Å²) >= 11 is 3.34. The highest BCUT2D eigenvalue weighted by molar-refractivity contribution is 9.10. The van der Waals surface area contributed by atoms with E-state index in [0.717, 1.165) is 15.7 Å². The topological polar surface area (TPSA) is 38.3 Å². The number of hydrogen-bond donors (Lipinski definition) is 1. The van der Waals surface area contributed by atoms with Crippen molar-refractivity contribution in [2.75, 3.05) is 11.9 Å². The van der Waals surface area contributed by atoms with Gasteiger partial charge in [0.1, 0.15) is 5.75 Å². The average Bonchev–Trinajstić information content (AvgIpc) is 2.38. The third kappa shape index (κ3) is 4.41. The fraction of sp³-hybridized carbons (Fsp3) is 0.133. The highest BCUT2D eigenvalue weighted by atomic mass is 79.9. The lowest BCUT2D eigenvalue weighted by molar-refractivity contribution is -0.118. The van der Waals surface area contributed by atoms with Crippen LogP contribution in [0.5, 0.6) is 5.75 Å². The first-order valence-electron chi connectivity index (χ1n) is 5.88. The van der Waals surface area contributed by atoms with E-state index in [1.54, 1.807) is 0 Å². The molecule has 2 rings (SSSR count). The summed E-state index contributed by atoms with van der Waals surface area (Å²) in [5.74, 6) is 0.496. The molecular formula is C15H14BrNO2. The van der Waals surface area contributed by atoms with Crippen molar-refractivity contribution in [2.24, 2.45) is 0 Å². The molecule has 0 bridgehead atoms. The summed E-state index contributed by atoms with van der Waals surface area (Å²) in [5.41, 5.74) is 1.89. The molecule has 0 heterocycles. The number of amides is 1. The molecule has 0 spiro atoms. The lowest BCUT2D eigenvalue weighted by Gasteiger charge is -2.08. The maximum absolute atomic E-state index is 11.7. The van der Waals surface area contributed by atoms with Gasteiger partial charge in [-0.15, -0.1) is 0 Å². The van der Waals surface area contributed by atoms with E-state index in [4.69, 9.17) is 4.74 Å². The summed E-state index contributed by atoms with van der Waals surface area (Å²) in [5, 5.41) is 2.79. The van der Waals surface area contributed by atoms with Crippen LogP contribution in [0.25, 0.3) is 0 Å². The van der Waals surface area contributed by atoms with Crippen LogP contribution in [0.2, 0.25) is 0 Å². The van der Waals surface area contributed by atoms with E-state index >= 15 is 0 Å². The minimum atomic E-state index is -0.173. The molecule has 0 atom stereocenters. The Kier molecular flexibility index (Phi) is 4.58. The third-order valence-electron chi connectivity index (χ3n) is 2.49. The van der Waals surface area contributed by atoms with E-state index in [-0.39, 0.29) is 12.5 Å². The predicted molar refractivity (Wildman–Crippen MR) is 79.4 cm³/mol. The van der Waals surface area contributed by atoms with Crippen molar-refractivity contribution >= 4 is 27.5 Å². The molecule has 1 N–H and O–H groups in total. The second kappa shape index (κ2) is 6.38. The molecule has 2 aromatic rings. The van der Waals surface area contributed by atoms with Gasteiger partial charge < -0.3 is 10.1 Å². The lowest BCUT2D eigenvalue weighted by atomic mass is 10.2. The summed E-state index contributed by atoms with van der Waals surface area (Å²) < 4.78 is 6.37. The zero-order chi connectivity index (χ0) is 13.7. The van der Waals surface area contributed by atoms with Crippen LogP contribution in [0.4, 0.5) is 5.69 Å². The van der Waals surface area contributed by atoms with Crippen molar-refractivity contribution in [3.63, 3.8) is 0 Å². The molecule has 4 heteroatoms. The molecule has 0 fully saturated rings. The molecule has 2 aromatic carbocycles. The van der Waals surface area contributed by atoms with Crippen LogP contribution in [0, 0.1) is 6.92 Å². The molecule has 3 nitrogen and oxygen atoms in total. The van der Waals surface area contributed by atoms with Gasteiger partial charge in [0.05, 0.1) is 0 Å². The van der Waals surface area contributed by atoms with Crippen LogP contribution in [-0.2, 0) is 4.79 Å². The van der Waals surface area contributed by atoms with E-state index in [2.05, 4.69) is 21.2 Å². The van der Waals surface area contributed by atoms with Gasteiger partial charge in [-0.1, -0.05) is 28.1 Å². The number of hydrogen-bond acceptors (Lipinski definition) is 2.